The number of nitrogens with zero attached hydrogens (tertiary/aromatic N) is 2. The highest BCUT2D eigenvalue weighted by Crippen LogP contribution is 2.31. The second-order valence-corrected chi connectivity index (χ2v) is 13.2. The molecule has 2 aromatic heterocycles. The predicted molar refractivity (Wildman–Crippen MR) is 142 cm³/mol. The molecule has 3 N–H and O–H groups in total. The number of rotatable bonds is 7. The van der Waals surface area contributed by atoms with Crippen molar-refractivity contribution in [1.82, 2.24) is 24.4 Å². The number of benzene rings is 2. The van der Waals surface area contributed by atoms with Crippen molar-refractivity contribution in [2.45, 2.75) is 49.8 Å². The van der Waals surface area contributed by atoms with Gasteiger partial charge in [0.25, 0.3) is 0 Å². The number of aryl methyl sites for hydroxylation is 2. The van der Waals surface area contributed by atoms with Gasteiger partial charge in [0.1, 0.15) is 11.1 Å². The van der Waals surface area contributed by atoms with Crippen LogP contribution in [0.5, 0.6) is 0 Å². The summed E-state index contributed by atoms with van der Waals surface area (Å²) in [6.07, 6.45) is 3.34. The highest BCUT2D eigenvalue weighted by Gasteiger charge is 2.37. The number of aromatic amines is 1. The number of pyridine rings is 1. The fourth-order valence-corrected chi connectivity index (χ4v) is 7.39. The first-order valence-corrected chi connectivity index (χ1v) is 15.0. The van der Waals surface area contributed by atoms with Gasteiger partial charge in [-0.3, -0.25) is 14.5 Å². The molecule has 1 aliphatic heterocycles. The maximum Gasteiger partial charge on any atom is 0.242 e. The molecule has 4 aromatic rings. The van der Waals surface area contributed by atoms with E-state index in [9.17, 15) is 21.6 Å². The molecular weight excluding hydrogens is 526 g/mol. The molecule has 12 heteroatoms. The van der Waals surface area contributed by atoms with E-state index in [1.807, 2.05) is 25.5 Å². The van der Waals surface area contributed by atoms with E-state index in [1.165, 1.54) is 0 Å². The molecule has 2 atom stereocenters. The van der Waals surface area contributed by atoms with E-state index < -0.39 is 37.2 Å². The number of H-pyrrole nitrogens is 1. The number of imidazole rings is 1. The Morgan fingerprint density at radius 2 is 1.76 bits per heavy atom. The topological polar surface area (TPSA) is 151 Å². The predicted octanol–water partition coefficient (Wildman–Crippen LogP) is 3.04. The van der Waals surface area contributed by atoms with Crippen molar-refractivity contribution in [1.29, 1.82) is 0 Å². The third-order valence-electron chi connectivity index (χ3n) is 6.93. The van der Waals surface area contributed by atoms with Gasteiger partial charge in [-0.05, 0) is 73.2 Å². The molecule has 1 aliphatic rings. The Hall–Kier alpha value is -3.61. The molecule has 0 bridgehead atoms. The zero-order valence-corrected chi connectivity index (χ0v) is 22.7. The quantitative estimate of drug-likeness (QED) is 0.318. The van der Waals surface area contributed by atoms with Crippen molar-refractivity contribution in [2.75, 3.05) is 0 Å². The highest BCUT2D eigenvalue weighted by molar-refractivity contribution is 7.90. The number of hydrogen-bond acceptors (Lipinski definition) is 7. The van der Waals surface area contributed by atoms with E-state index in [1.54, 1.807) is 54.9 Å². The summed E-state index contributed by atoms with van der Waals surface area (Å²) in [4.78, 5) is 23.7. The van der Waals surface area contributed by atoms with Gasteiger partial charge in [0, 0.05) is 6.20 Å². The standard InChI is InChI=1S/C26H27N5O5S2/c1-15-10-20(11-16(2)17(15)3)37(33,34)30-22(26-28-21-8-9-27-14-23(21)29-26)12-18-4-6-19(7-5-18)24-13-25(32)31-38(24,35)36/h4-11,14,22,24,30H,12-13H2,1-3H3,(H,28,29)(H,31,32)/t22-,24?/m0/s1. The van der Waals surface area contributed by atoms with E-state index >= 15 is 0 Å². The van der Waals surface area contributed by atoms with Gasteiger partial charge < -0.3 is 4.98 Å². The largest absolute Gasteiger partial charge is 0.339 e. The van der Waals surface area contributed by atoms with Crippen LogP contribution in [0.3, 0.4) is 0 Å². The van der Waals surface area contributed by atoms with Crippen LogP contribution in [0.15, 0.2) is 59.8 Å². The molecule has 38 heavy (non-hydrogen) atoms. The molecule has 0 saturated carbocycles. The van der Waals surface area contributed by atoms with E-state index in [0.29, 0.717) is 22.4 Å². The summed E-state index contributed by atoms with van der Waals surface area (Å²) in [7, 11) is -7.68. The minimum atomic E-state index is -3.92. The van der Waals surface area contributed by atoms with E-state index in [4.69, 9.17) is 0 Å². The average molecular weight is 554 g/mol. The summed E-state index contributed by atoms with van der Waals surface area (Å²) in [5, 5.41) is -0.950. The summed E-state index contributed by atoms with van der Waals surface area (Å²) in [6.45, 7) is 5.70. The molecule has 3 heterocycles. The fraction of sp³-hybridized carbons (Fsp3) is 0.269. The Morgan fingerprint density at radius 3 is 2.37 bits per heavy atom. The summed E-state index contributed by atoms with van der Waals surface area (Å²) >= 11 is 0. The molecule has 0 spiro atoms. The van der Waals surface area contributed by atoms with Crippen LogP contribution in [-0.4, -0.2) is 37.7 Å². The van der Waals surface area contributed by atoms with Crippen LogP contribution in [0, 0.1) is 20.8 Å². The third-order valence-corrected chi connectivity index (χ3v) is 10.1. The number of nitrogens with one attached hydrogen (secondary N) is 3. The van der Waals surface area contributed by atoms with Crippen LogP contribution in [-0.2, 0) is 31.3 Å². The number of aromatic nitrogens is 3. The van der Waals surface area contributed by atoms with E-state index in [2.05, 4.69) is 19.7 Å². The van der Waals surface area contributed by atoms with Gasteiger partial charge in [0.15, 0.2) is 0 Å². The zero-order valence-electron chi connectivity index (χ0n) is 21.0. The number of fused-ring (bicyclic) bond motifs is 1. The molecule has 0 radical (unpaired) electrons. The molecule has 10 nitrogen and oxygen atoms in total. The van der Waals surface area contributed by atoms with Crippen LogP contribution in [0.25, 0.3) is 11.0 Å². The van der Waals surface area contributed by atoms with E-state index in [-0.39, 0.29) is 17.7 Å². The van der Waals surface area contributed by atoms with Gasteiger partial charge in [-0.15, -0.1) is 0 Å². The second kappa shape index (κ2) is 9.61. The zero-order chi connectivity index (χ0) is 27.2. The van der Waals surface area contributed by atoms with Gasteiger partial charge >= 0.3 is 0 Å². The molecule has 5 rings (SSSR count). The van der Waals surface area contributed by atoms with Gasteiger partial charge in [-0.25, -0.2) is 26.5 Å². The smallest absolute Gasteiger partial charge is 0.242 e. The molecular formula is C26H27N5O5S2. The molecule has 198 valence electrons. The average Bonchev–Trinajstić information content (AvgIpc) is 3.41. The lowest BCUT2D eigenvalue weighted by Gasteiger charge is -2.19. The number of hydrogen-bond donors (Lipinski definition) is 3. The maximum absolute atomic E-state index is 13.5. The lowest BCUT2D eigenvalue weighted by molar-refractivity contribution is -0.118. The molecule has 0 aliphatic carbocycles. The van der Waals surface area contributed by atoms with Crippen molar-refractivity contribution in [3.8, 4) is 0 Å². The first-order valence-electron chi connectivity index (χ1n) is 12.0. The van der Waals surface area contributed by atoms with Crippen molar-refractivity contribution in [2.24, 2.45) is 0 Å². The monoisotopic (exact) mass is 553 g/mol. The Morgan fingerprint density at radius 1 is 1.08 bits per heavy atom. The molecule has 1 amide bonds. The normalized spacial score (nSPS) is 18.0. The fourth-order valence-electron chi connectivity index (χ4n) is 4.59. The minimum absolute atomic E-state index is 0.132. The van der Waals surface area contributed by atoms with Crippen LogP contribution >= 0.6 is 0 Å². The van der Waals surface area contributed by atoms with Gasteiger partial charge in [0.05, 0.1) is 34.6 Å². The summed E-state index contributed by atoms with van der Waals surface area (Å²) < 4.78 is 56.3. The van der Waals surface area contributed by atoms with Crippen molar-refractivity contribution in [3.63, 3.8) is 0 Å². The Bertz CT molecular complexity index is 1710. The lowest BCUT2D eigenvalue weighted by atomic mass is 10.0. The summed E-state index contributed by atoms with van der Waals surface area (Å²) in [5.41, 5.74) is 5.36. The maximum atomic E-state index is 13.5. The Balaban J connectivity index is 1.48. The van der Waals surface area contributed by atoms with E-state index in [0.717, 1.165) is 22.3 Å². The van der Waals surface area contributed by atoms with Crippen molar-refractivity contribution in [3.05, 3.63) is 88.5 Å². The first-order chi connectivity index (χ1) is 17.9. The van der Waals surface area contributed by atoms with Gasteiger partial charge in [-0.2, -0.15) is 0 Å². The summed E-state index contributed by atoms with van der Waals surface area (Å²) in [5.74, 6) is -0.108. The number of sulfonamides is 2. The lowest BCUT2D eigenvalue weighted by Crippen LogP contribution is -2.31. The Kier molecular flexibility index (Phi) is 6.58. The Labute approximate surface area is 221 Å². The van der Waals surface area contributed by atoms with Crippen LogP contribution < -0.4 is 9.44 Å². The molecule has 1 saturated heterocycles. The van der Waals surface area contributed by atoms with Gasteiger partial charge in [-0.1, -0.05) is 24.3 Å². The van der Waals surface area contributed by atoms with Crippen molar-refractivity contribution >= 4 is 37.0 Å². The SMILES string of the molecule is Cc1cc(S(=O)(=O)N[C@@H](Cc2ccc(C3CC(=O)NS3(=O)=O)cc2)c2nc3ccncc3[nH]2)cc(C)c1C. The highest BCUT2D eigenvalue weighted by atomic mass is 32.2. The van der Waals surface area contributed by atoms with Crippen LogP contribution in [0.4, 0.5) is 0 Å². The van der Waals surface area contributed by atoms with Crippen molar-refractivity contribution < 1.29 is 21.6 Å². The second-order valence-electron chi connectivity index (χ2n) is 9.58. The van der Waals surface area contributed by atoms with Crippen LogP contribution in [0.1, 0.15) is 51.4 Å². The summed E-state index contributed by atoms with van der Waals surface area (Å²) in [6, 6.07) is 11.1. The number of carbonyl (C=O) groups excluding carboxylic acids is 1. The van der Waals surface area contributed by atoms with Crippen LogP contribution in [0.2, 0.25) is 0 Å². The molecule has 2 aromatic carbocycles. The molecule has 1 fully saturated rings. The minimum Gasteiger partial charge on any atom is -0.339 e. The number of amides is 1. The first kappa shape index (κ1) is 26.0. The number of carbonyl (C=O) groups is 1. The third kappa shape index (κ3) is 5.06. The van der Waals surface area contributed by atoms with Gasteiger partial charge in [0.2, 0.25) is 26.0 Å². The molecule has 1 unspecified atom stereocenters.